The SMILES string of the molecule is CC[C@]1(C)[C@@]2(C#N)C(N)=NC(OC)(OC)[C@@]12C#N. The van der Waals surface area contributed by atoms with E-state index in [-0.39, 0.29) is 5.84 Å². The van der Waals surface area contributed by atoms with Crippen LogP contribution in [0.5, 0.6) is 0 Å². The third-order valence-electron chi connectivity index (χ3n) is 4.88. The smallest absolute Gasteiger partial charge is 0.292 e. The molecule has 0 saturated heterocycles. The van der Waals surface area contributed by atoms with Gasteiger partial charge in [-0.05, 0) is 6.42 Å². The molecule has 18 heavy (non-hydrogen) atoms. The standard InChI is InChI=1S/C12H16N4O2/c1-5-9(2)10(6-13)8(15)16-12(17-3,18-4)11(9,10)7-14/h5H2,1-4H3,(H2,15,16)/t9-,10-,11+/m1/s1. The summed E-state index contributed by atoms with van der Waals surface area (Å²) < 4.78 is 10.7. The van der Waals surface area contributed by atoms with Gasteiger partial charge in [-0.15, -0.1) is 0 Å². The Morgan fingerprint density at radius 1 is 1.28 bits per heavy atom. The molecule has 6 heteroatoms. The maximum Gasteiger partial charge on any atom is 0.292 e. The fourth-order valence-corrected chi connectivity index (χ4v) is 3.72. The van der Waals surface area contributed by atoms with Crippen LogP contribution in [-0.4, -0.2) is 26.0 Å². The molecule has 1 aliphatic carbocycles. The van der Waals surface area contributed by atoms with E-state index in [1.54, 1.807) is 0 Å². The second-order valence-electron chi connectivity index (χ2n) is 4.90. The van der Waals surface area contributed by atoms with Gasteiger partial charge >= 0.3 is 0 Å². The van der Waals surface area contributed by atoms with E-state index in [0.29, 0.717) is 6.42 Å². The Bertz CT molecular complexity index is 513. The number of rotatable bonds is 3. The molecular weight excluding hydrogens is 232 g/mol. The van der Waals surface area contributed by atoms with Crippen molar-refractivity contribution in [3.8, 4) is 12.1 Å². The van der Waals surface area contributed by atoms with Gasteiger partial charge in [-0.25, -0.2) is 4.99 Å². The van der Waals surface area contributed by atoms with E-state index in [4.69, 9.17) is 15.2 Å². The molecule has 96 valence electrons. The maximum absolute atomic E-state index is 9.66. The zero-order valence-corrected chi connectivity index (χ0v) is 10.9. The van der Waals surface area contributed by atoms with Gasteiger partial charge in [0, 0.05) is 19.6 Å². The Balaban J connectivity index is 2.77. The largest absolute Gasteiger partial charge is 0.386 e. The summed E-state index contributed by atoms with van der Waals surface area (Å²) in [5.74, 6) is -1.37. The molecule has 1 saturated carbocycles. The average molecular weight is 248 g/mol. The molecule has 0 radical (unpaired) electrons. The summed E-state index contributed by atoms with van der Waals surface area (Å²) in [7, 11) is 2.81. The summed E-state index contributed by atoms with van der Waals surface area (Å²) >= 11 is 0. The van der Waals surface area contributed by atoms with E-state index >= 15 is 0 Å². The predicted molar refractivity (Wildman–Crippen MR) is 62.9 cm³/mol. The first kappa shape index (κ1) is 12.8. The number of ether oxygens (including phenoxy) is 2. The van der Waals surface area contributed by atoms with Crippen LogP contribution >= 0.6 is 0 Å². The molecule has 2 N–H and O–H groups in total. The lowest BCUT2D eigenvalue weighted by Crippen LogP contribution is -2.43. The molecule has 2 rings (SSSR count). The van der Waals surface area contributed by atoms with Crippen molar-refractivity contribution in [1.82, 2.24) is 0 Å². The highest BCUT2D eigenvalue weighted by molar-refractivity contribution is 6.00. The van der Waals surface area contributed by atoms with Crippen molar-refractivity contribution in [2.75, 3.05) is 14.2 Å². The van der Waals surface area contributed by atoms with E-state index in [9.17, 15) is 10.5 Å². The fourth-order valence-electron chi connectivity index (χ4n) is 3.72. The first-order chi connectivity index (χ1) is 8.43. The Morgan fingerprint density at radius 2 is 1.83 bits per heavy atom. The molecule has 1 heterocycles. The Morgan fingerprint density at radius 3 is 2.11 bits per heavy atom. The van der Waals surface area contributed by atoms with Crippen LogP contribution < -0.4 is 5.73 Å². The number of hydrogen-bond donors (Lipinski definition) is 1. The van der Waals surface area contributed by atoms with Gasteiger partial charge in [-0.1, -0.05) is 13.8 Å². The normalized spacial score (nSPS) is 43.6. The monoisotopic (exact) mass is 248 g/mol. The van der Waals surface area contributed by atoms with E-state index in [0.717, 1.165) is 0 Å². The quantitative estimate of drug-likeness (QED) is 0.742. The number of nitrogens with two attached hydrogens (primary N) is 1. The molecule has 1 aliphatic heterocycles. The van der Waals surface area contributed by atoms with Gasteiger partial charge in [-0.3, -0.25) is 0 Å². The molecule has 1 fully saturated rings. The van der Waals surface area contributed by atoms with Gasteiger partial charge < -0.3 is 15.2 Å². The van der Waals surface area contributed by atoms with Crippen LogP contribution in [0.1, 0.15) is 20.3 Å². The number of hydrogen-bond acceptors (Lipinski definition) is 6. The number of nitrogens with zero attached hydrogens (tertiary/aromatic N) is 3. The first-order valence-electron chi connectivity index (χ1n) is 5.72. The van der Waals surface area contributed by atoms with Crippen molar-refractivity contribution in [3.05, 3.63) is 0 Å². The lowest BCUT2D eigenvalue weighted by molar-refractivity contribution is -0.236. The maximum atomic E-state index is 9.66. The summed E-state index contributed by atoms with van der Waals surface area (Å²) in [6.45, 7) is 3.77. The second kappa shape index (κ2) is 3.23. The van der Waals surface area contributed by atoms with Crippen LogP contribution in [-0.2, 0) is 9.47 Å². The minimum absolute atomic E-state index is 0.125. The van der Waals surface area contributed by atoms with Crippen LogP contribution in [0, 0.1) is 38.9 Å². The average Bonchev–Trinajstić information content (AvgIpc) is 2.80. The Labute approximate surface area is 106 Å². The molecule has 6 nitrogen and oxygen atoms in total. The summed E-state index contributed by atoms with van der Waals surface area (Å²) in [6, 6.07) is 4.39. The molecule has 0 aromatic heterocycles. The van der Waals surface area contributed by atoms with Gasteiger partial charge in [-0.2, -0.15) is 10.5 Å². The van der Waals surface area contributed by atoms with Crippen molar-refractivity contribution in [2.45, 2.75) is 26.2 Å². The lowest BCUT2D eigenvalue weighted by Gasteiger charge is -2.31. The minimum atomic E-state index is -1.49. The zero-order chi connectivity index (χ0) is 13.8. The molecule has 0 amide bonds. The number of nitriles is 2. The van der Waals surface area contributed by atoms with Gasteiger partial charge in [0.1, 0.15) is 11.3 Å². The molecule has 0 unspecified atom stereocenters. The van der Waals surface area contributed by atoms with Crippen molar-refractivity contribution >= 4 is 5.84 Å². The Kier molecular flexibility index (Phi) is 2.30. The predicted octanol–water partition coefficient (Wildman–Crippen LogP) is 0.754. The van der Waals surface area contributed by atoms with Crippen LogP contribution in [0.2, 0.25) is 0 Å². The molecule has 0 bridgehead atoms. The summed E-state index contributed by atoms with van der Waals surface area (Å²) in [6.07, 6.45) is 0.610. The van der Waals surface area contributed by atoms with Crippen LogP contribution in [0.4, 0.5) is 0 Å². The van der Waals surface area contributed by atoms with Crippen LogP contribution in [0.15, 0.2) is 4.99 Å². The topological polar surface area (TPSA) is 104 Å². The highest BCUT2D eigenvalue weighted by Gasteiger charge is 2.98. The van der Waals surface area contributed by atoms with Gasteiger partial charge in [0.05, 0.1) is 12.1 Å². The second-order valence-corrected chi connectivity index (χ2v) is 4.90. The first-order valence-corrected chi connectivity index (χ1v) is 5.72. The third-order valence-corrected chi connectivity index (χ3v) is 4.88. The van der Waals surface area contributed by atoms with E-state index in [1.807, 2.05) is 13.8 Å². The number of methoxy groups -OCH3 is 2. The van der Waals surface area contributed by atoms with Crippen molar-refractivity contribution in [3.63, 3.8) is 0 Å². The number of aliphatic imine (C=N–C) groups is 1. The summed E-state index contributed by atoms with van der Waals surface area (Å²) in [5.41, 5.74) is 2.98. The summed E-state index contributed by atoms with van der Waals surface area (Å²) in [5, 5.41) is 19.2. The molecule has 0 aromatic carbocycles. The lowest BCUT2D eigenvalue weighted by atomic mass is 9.89. The van der Waals surface area contributed by atoms with E-state index in [1.165, 1.54) is 14.2 Å². The van der Waals surface area contributed by atoms with Gasteiger partial charge in [0.2, 0.25) is 0 Å². The molecular formula is C12H16N4O2. The fraction of sp³-hybridized carbons (Fsp3) is 0.750. The zero-order valence-electron chi connectivity index (χ0n) is 10.9. The Hall–Kier alpha value is -1.63. The van der Waals surface area contributed by atoms with Crippen molar-refractivity contribution < 1.29 is 9.47 Å². The molecule has 0 aromatic rings. The van der Waals surface area contributed by atoms with Gasteiger partial charge in [0.25, 0.3) is 5.91 Å². The van der Waals surface area contributed by atoms with Gasteiger partial charge in [0.15, 0.2) is 5.41 Å². The summed E-state index contributed by atoms with van der Waals surface area (Å²) in [4.78, 5) is 4.12. The number of amidine groups is 1. The third kappa shape index (κ3) is 0.754. The molecule has 3 atom stereocenters. The minimum Gasteiger partial charge on any atom is -0.386 e. The van der Waals surface area contributed by atoms with Crippen molar-refractivity contribution in [1.29, 1.82) is 10.5 Å². The van der Waals surface area contributed by atoms with Crippen LogP contribution in [0.25, 0.3) is 0 Å². The van der Waals surface area contributed by atoms with Crippen LogP contribution in [0.3, 0.4) is 0 Å². The number of fused-ring (bicyclic) bond motifs is 1. The molecule has 2 aliphatic rings. The van der Waals surface area contributed by atoms with Crippen molar-refractivity contribution in [2.24, 2.45) is 27.0 Å². The highest BCUT2D eigenvalue weighted by Crippen LogP contribution is 2.86. The molecule has 0 spiro atoms. The van der Waals surface area contributed by atoms with E-state index in [2.05, 4.69) is 17.1 Å². The highest BCUT2D eigenvalue weighted by atomic mass is 16.7. The van der Waals surface area contributed by atoms with E-state index < -0.39 is 22.2 Å².